The molecule has 0 bridgehead atoms. The second-order valence-corrected chi connectivity index (χ2v) is 10.8. The summed E-state index contributed by atoms with van der Waals surface area (Å²) >= 11 is 6.05. The molecule has 2 aromatic carbocycles. The minimum absolute atomic E-state index is 0.0168. The number of aromatic hydroxyl groups is 2. The van der Waals surface area contributed by atoms with Crippen molar-refractivity contribution < 1.29 is 33.0 Å². The third-order valence-electron chi connectivity index (χ3n) is 7.48. The monoisotopic (exact) mass is 644 g/mol. The van der Waals surface area contributed by atoms with Gasteiger partial charge in [-0.1, -0.05) is 24.6 Å². The van der Waals surface area contributed by atoms with Crippen LogP contribution in [0, 0.1) is 6.92 Å². The highest BCUT2D eigenvalue weighted by molar-refractivity contribution is 6.33. The van der Waals surface area contributed by atoms with Gasteiger partial charge < -0.3 is 29.9 Å². The number of aromatic nitrogens is 3. The van der Waals surface area contributed by atoms with Crippen molar-refractivity contribution >= 4 is 46.0 Å². The Bertz CT molecular complexity index is 1850. The molecule has 3 N–H and O–H groups in total. The van der Waals surface area contributed by atoms with E-state index in [1.54, 1.807) is 23.3 Å². The van der Waals surface area contributed by atoms with Gasteiger partial charge in [0, 0.05) is 38.1 Å². The summed E-state index contributed by atoms with van der Waals surface area (Å²) in [5, 5.41) is 22.5. The maximum Gasteiger partial charge on any atom is 0.416 e. The summed E-state index contributed by atoms with van der Waals surface area (Å²) in [6, 6.07) is 6.63. The van der Waals surface area contributed by atoms with Crippen LogP contribution in [0.4, 0.5) is 24.5 Å². The van der Waals surface area contributed by atoms with Crippen LogP contribution in [0.5, 0.6) is 11.5 Å². The van der Waals surface area contributed by atoms with Gasteiger partial charge in [-0.05, 0) is 43.7 Å². The third-order valence-corrected chi connectivity index (χ3v) is 7.80. The van der Waals surface area contributed by atoms with E-state index in [-0.39, 0.29) is 77.3 Å². The molecule has 15 heteroatoms. The minimum atomic E-state index is -4.60. The number of hydrogen-bond acceptors (Lipinski definition) is 8. The highest BCUT2D eigenvalue weighted by atomic mass is 35.5. The van der Waals surface area contributed by atoms with Crippen molar-refractivity contribution in [1.82, 2.24) is 19.4 Å². The van der Waals surface area contributed by atoms with Crippen molar-refractivity contribution in [2.24, 2.45) is 0 Å². The number of pyridine rings is 1. The fourth-order valence-corrected chi connectivity index (χ4v) is 5.56. The first-order chi connectivity index (χ1) is 21.3. The van der Waals surface area contributed by atoms with Gasteiger partial charge in [0.25, 0.3) is 5.91 Å². The lowest BCUT2D eigenvalue weighted by Crippen LogP contribution is -2.50. The Morgan fingerprint density at radius 3 is 2.33 bits per heavy atom. The maximum atomic E-state index is 13.8. The van der Waals surface area contributed by atoms with E-state index in [1.165, 1.54) is 29.3 Å². The number of rotatable bonds is 6. The Labute approximate surface area is 259 Å². The van der Waals surface area contributed by atoms with E-state index in [4.69, 9.17) is 11.6 Å². The van der Waals surface area contributed by atoms with Gasteiger partial charge in [0.1, 0.15) is 29.3 Å². The standard InChI is InChI=1S/C30H28ClF3N6O5/c1-3-20-26(38-9-11-39(12-10-38)29(45)24-21(41)5-4-6-22(24)42)27(44)25-28(36-16(2)14-35-25)40(20)15-23(43)37-19-8-7-17(13-18(19)31)30(32,33)34/h4-8,13-14,41-42H,3,9-12,15H2,1-2H3,(H,37,43). The first-order valence-corrected chi connectivity index (χ1v) is 14.3. The quantitative estimate of drug-likeness (QED) is 0.282. The van der Waals surface area contributed by atoms with Crippen molar-refractivity contribution in [3.63, 3.8) is 0 Å². The number of alkyl halides is 3. The summed E-state index contributed by atoms with van der Waals surface area (Å²) in [5.74, 6) is -1.88. The predicted octanol–water partition coefficient (Wildman–Crippen LogP) is 4.35. The number of nitrogens with one attached hydrogen (secondary N) is 1. The summed E-state index contributed by atoms with van der Waals surface area (Å²) in [6.07, 6.45) is -2.87. The summed E-state index contributed by atoms with van der Waals surface area (Å²) in [6.45, 7) is 3.91. The lowest BCUT2D eigenvalue weighted by atomic mass is 10.1. The van der Waals surface area contributed by atoms with Gasteiger partial charge >= 0.3 is 6.18 Å². The Morgan fingerprint density at radius 1 is 1.07 bits per heavy atom. The molecule has 1 saturated heterocycles. The van der Waals surface area contributed by atoms with Gasteiger partial charge in [0.15, 0.2) is 11.2 Å². The molecule has 4 aromatic rings. The van der Waals surface area contributed by atoms with Crippen LogP contribution < -0.4 is 15.6 Å². The minimum Gasteiger partial charge on any atom is -0.507 e. The van der Waals surface area contributed by atoms with Crippen LogP contribution in [-0.2, 0) is 23.9 Å². The Kier molecular flexibility index (Phi) is 8.61. The number of halogens is 4. The summed E-state index contributed by atoms with van der Waals surface area (Å²) in [7, 11) is 0. The maximum absolute atomic E-state index is 13.8. The molecule has 5 rings (SSSR count). The van der Waals surface area contributed by atoms with E-state index in [0.717, 1.165) is 18.2 Å². The Morgan fingerprint density at radius 2 is 1.73 bits per heavy atom. The van der Waals surface area contributed by atoms with Crippen LogP contribution in [0.15, 0.2) is 47.4 Å². The number of hydrogen-bond donors (Lipinski definition) is 3. The molecule has 11 nitrogen and oxygen atoms in total. The number of anilines is 2. The van der Waals surface area contributed by atoms with Gasteiger partial charge in [0.2, 0.25) is 11.3 Å². The van der Waals surface area contributed by atoms with Crippen LogP contribution in [0.3, 0.4) is 0 Å². The zero-order valence-corrected chi connectivity index (χ0v) is 24.9. The fraction of sp³-hybridized carbons (Fsp3) is 0.300. The van der Waals surface area contributed by atoms with Crippen molar-refractivity contribution in [3.8, 4) is 11.5 Å². The molecule has 3 heterocycles. The molecule has 45 heavy (non-hydrogen) atoms. The fourth-order valence-electron chi connectivity index (χ4n) is 5.33. The molecule has 1 aliphatic rings. The second kappa shape index (κ2) is 12.3. The number of aryl methyl sites for hydroxylation is 1. The molecular formula is C30H28ClF3N6O5. The van der Waals surface area contributed by atoms with Crippen molar-refractivity contribution in [2.75, 3.05) is 36.4 Å². The SMILES string of the molecule is CCc1c(N2CCN(C(=O)c3c(O)cccc3O)CC2)c(=O)c2ncc(C)nc2n1CC(=O)Nc1ccc(C(F)(F)F)cc1Cl. The molecule has 2 amide bonds. The average Bonchev–Trinajstić information content (AvgIpc) is 2.98. The van der Waals surface area contributed by atoms with Crippen LogP contribution in [-0.4, -0.2) is 67.6 Å². The zero-order chi connectivity index (χ0) is 32.6. The Balaban J connectivity index is 1.46. The number of piperazine rings is 1. The predicted molar refractivity (Wildman–Crippen MR) is 161 cm³/mol. The molecule has 0 atom stereocenters. The van der Waals surface area contributed by atoms with E-state index >= 15 is 0 Å². The first-order valence-electron chi connectivity index (χ1n) is 13.9. The van der Waals surface area contributed by atoms with Crippen molar-refractivity contribution in [2.45, 2.75) is 33.0 Å². The van der Waals surface area contributed by atoms with E-state index in [9.17, 15) is 37.8 Å². The molecule has 0 saturated carbocycles. The van der Waals surface area contributed by atoms with Crippen molar-refractivity contribution in [1.29, 1.82) is 0 Å². The molecule has 236 valence electrons. The molecule has 0 aliphatic carbocycles. The van der Waals surface area contributed by atoms with E-state index in [1.807, 2.05) is 0 Å². The molecule has 0 radical (unpaired) electrons. The van der Waals surface area contributed by atoms with Gasteiger partial charge in [-0.15, -0.1) is 0 Å². The topological polar surface area (TPSA) is 141 Å². The van der Waals surface area contributed by atoms with Crippen LogP contribution >= 0.6 is 11.6 Å². The summed E-state index contributed by atoms with van der Waals surface area (Å²) < 4.78 is 40.8. The number of amides is 2. The highest BCUT2D eigenvalue weighted by Crippen LogP contribution is 2.34. The number of phenols is 2. The molecular weight excluding hydrogens is 617 g/mol. The number of carbonyl (C=O) groups excluding carboxylic acids is 2. The number of carbonyl (C=O) groups is 2. The van der Waals surface area contributed by atoms with E-state index in [0.29, 0.717) is 17.8 Å². The lowest BCUT2D eigenvalue weighted by Gasteiger charge is -2.37. The van der Waals surface area contributed by atoms with Gasteiger partial charge in [-0.2, -0.15) is 13.2 Å². The number of phenolic OH excluding ortho intramolecular Hbond substituents is 2. The van der Waals surface area contributed by atoms with Crippen LogP contribution in [0.2, 0.25) is 5.02 Å². The molecule has 2 aromatic heterocycles. The molecule has 1 aliphatic heterocycles. The first kappa shape index (κ1) is 31.6. The number of benzene rings is 2. The van der Waals surface area contributed by atoms with Gasteiger partial charge in [-0.3, -0.25) is 14.4 Å². The Hall–Kier alpha value is -4.85. The van der Waals surface area contributed by atoms with Crippen LogP contribution in [0.25, 0.3) is 11.2 Å². The van der Waals surface area contributed by atoms with E-state index in [2.05, 4.69) is 15.3 Å². The number of fused-ring (bicyclic) bond motifs is 1. The lowest BCUT2D eigenvalue weighted by molar-refractivity contribution is -0.137. The number of nitrogens with zero attached hydrogens (tertiary/aromatic N) is 5. The normalized spacial score (nSPS) is 13.7. The van der Waals surface area contributed by atoms with Gasteiger partial charge in [-0.25, -0.2) is 9.97 Å². The smallest absolute Gasteiger partial charge is 0.416 e. The van der Waals surface area contributed by atoms with E-state index < -0.39 is 29.0 Å². The molecule has 1 fully saturated rings. The molecule has 0 spiro atoms. The molecule has 0 unspecified atom stereocenters. The summed E-state index contributed by atoms with van der Waals surface area (Å²) in [5.41, 5.74) is -0.162. The zero-order valence-electron chi connectivity index (χ0n) is 24.2. The second-order valence-electron chi connectivity index (χ2n) is 10.4. The summed E-state index contributed by atoms with van der Waals surface area (Å²) in [4.78, 5) is 52.2. The van der Waals surface area contributed by atoms with Gasteiger partial charge in [0.05, 0.1) is 22.0 Å². The average molecular weight is 645 g/mol. The highest BCUT2D eigenvalue weighted by Gasteiger charge is 2.32. The van der Waals surface area contributed by atoms with Crippen molar-refractivity contribution in [3.05, 3.63) is 80.4 Å². The third kappa shape index (κ3) is 6.23. The van der Waals surface area contributed by atoms with Crippen LogP contribution in [0.1, 0.15) is 34.2 Å². The largest absolute Gasteiger partial charge is 0.507 e.